The van der Waals surface area contributed by atoms with E-state index in [0.29, 0.717) is 17.8 Å². The number of rotatable bonds is 3. The van der Waals surface area contributed by atoms with E-state index in [9.17, 15) is 4.79 Å². The number of hydrogen-bond donors (Lipinski definition) is 1. The molecular weight excluding hydrogens is 308 g/mol. The van der Waals surface area contributed by atoms with Gasteiger partial charge < -0.3 is 5.32 Å². The fourth-order valence-corrected chi connectivity index (χ4v) is 1.80. The van der Waals surface area contributed by atoms with Crippen molar-refractivity contribution in [2.75, 3.05) is 0 Å². The first-order chi connectivity index (χ1) is 8.97. The molecule has 98 valence electrons. The fraction of sp³-hybridized carbons (Fsp3) is 0.308. The third kappa shape index (κ3) is 2.76. The number of fused-ring (bicyclic) bond motifs is 1. The monoisotopic (exact) mass is 320 g/mol. The summed E-state index contributed by atoms with van der Waals surface area (Å²) in [4.78, 5) is 16.3. The minimum atomic E-state index is -0.666. The van der Waals surface area contributed by atoms with Crippen molar-refractivity contribution < 1.29 is 4.79 Å². The molecule has 0 spiro atoms. The van der Waals surface area contributed by atoms with Gasteiger partial charge in [-0.15, -0.1) is 6.42 Å². The van der Waals surface area contributed by atoms with Crippen LogP contribution in [0.1, 0.15) is 30.8 Å². The largest absolute Gasteiger partial charge is 0.335 e. The van der Waals surface area contributed by atoms with Crippen molar-refractivity contribution in [2.45, 2.75) is 25.8 Å². The van der Waals surface area contributed by atoms with Gasteiger partial charge in [-0.2, -0.15) is 5.10 Å². The Hall–Kier alpha value is -1.87. The summed E-state index contributed by atoms with van der Waals surface area (Å²) in [6, 6.07) is 1.62. The van der Waals surface area contributed by atoms with E-state index < -0.39 is 5.54 Å². The highest BCUT2D eigenvalue weighted by Crippen LogP contribution is 2.12. The van der Waals surface area contributed by atoms with Crippen LogP contribution in [0.25, 0.3) is 5.65 Å². The van der Waals surface area contributed by atoms with Gasteiger partial charge in [0, 0.05) is 18.5 Å². The van der Waals surface area contributed by atoms with Gasteiger partial charge in [-0.05, 0) is 29.3 Å². The van der Waals surface area contributed by atoms with Gasteiger partial charge in [-0.1, -0.05) is 12.8 Å². The van der Waals surface area contributed by atoms with Gasteiger partial charge >= 0.3 is 0 Å². The van der Waals surface area contributed by atoms with Crippen LogP contribution in [0.2, 0.25) is 0 Å². The van der Waals surface area contributed by atoms with Crippen molar-refractivity contribution in [3.63, 3.8) is 0 Å². The highest BCUT2D eigenvalue weighted by Gasteiger charge is 2.23. The third-order valence-corrected chi connectivity index (χ3v) is 3.34. The topological polar surface area (TPSA) is 59.3 Å². The molecule has 2 heterocycles. The maximum absolute atomic E-state index is 12.1. The van der Waals surface area contributed by atoms with E-state index in [-0.39, 0.29) is 5.91 Å². The molecule has 0 saturated carbocycles. The maximum atomic E-state index is 12.1. The zero-order chi connectivity index (χ0) is 14.0. The third-order valence-electron chi connectivity index (χ3n) is 2.93. The summed E-state index contributed by atoms with van der Waals surface area (Å²) in [5.74, 6) is 2.28. The molecule has 0 saturated heterocycles. The number of carbonyl (C=O) groups excluding carboxylic acids is 1. The molecule has 6 heteroatoms. The van der Waals surface area contributed by atoms with Crippen LogP contribution in [-0.4, -0.2) is 26.0 Å². The molecule has 0 bridgehead atoms. The molecule has 1 amide bonds. The highest BCUT2D eigenvalue weighted by atomic mass is 79.9. The van der Waals surface area contributed by atoms with Crippen LogP contribution < -0.4 is 5.32 Å². The molecule has 0 aliphatic rings. The summed E-state index contributed by atoms with van der Waals surface area (Å²) in [5, 5.41) is 6.96. The number of nitrogens with one attached hydrogen (secondary N) is 1. The predicted octanol–water partition coefficient (Wildman–Crippen LogP) is 2.02. The molecule has 0 radical (unpaired) electrons. The molecule has 0 unspecified atom stereocenters. The zero-order valence-electron chi connectivity index (χ0n) is 10.6. The molecule has 0 fully saturated rings. The second-order valence-electron chi connectivity index (χ2n) is 4.39. The van der Waals surface area contributed by atoms with Gasteiger partial charge in [0.05, 0.1) is 10.0 Å². The fourth-order valence-electron chi connectivity index (χ4n) is 1.51. The minimum Gasteiger partial charge on any atom is -0.335 e. The Labute approximate surface area is 119 Å². The zero-order valence-corrected chi connectivity index (χ0v) is 12.2. The van der Waals surface area contributed by atoms with Gasteiger partial charge in [0.25, 0.3) is 5.91 Å². The quantitative estimate of drug-likeness (QED) is 0.880. The van der Waals surface area contributed by atoms with E-state index in [1.165, 1.54) is 4.52 Å². The van der Waals surface area contributed by atoms with Crippen LogP contribution in [0.5, 0.6) is 0 Å². The van der Waals surface area contributed by atoms with E-state index in [1.54, 1.807) is 25.4 Å². The number of aromatic nitrogens is 3. The van der Waals surface area contributed by atoms with Crippen LogP contribution in [0.3, 0.4) is 0 Å². The Balaban J connectivity index is 2.30. The summed E-state index contributed by atoms with van der Waals surface area (Å²) in [6.45, 7) is 3.72. The lowest BCUT2D eigenvalue weighted by molar-refractivity contribution is 0.0918. The molecule has 1 atom stereocenters. The molecule has 19 heavy (non-hydrogen) atoms. The number of carbonyl (C=O) groups is 1. The molecule has 2 rings (SSSR count). The van der Waals surface area contributed by atoms with Crippen LogP contribution >= 0.6 is 15.9 Å². The Bertz CT molecular complexity index is 673. The van der Waals surface area contributed by atoms with Crippen molar-refractivity contribution in [1.82, 2.24) is 19.9 Å². The standard InChI is InChI=1S/C13H13BrN4O/c1-4-13(3,5-2)16-12(19)10-6-11-15-7-9(14)8-18(11)17-10/h1,6-8H,5H2,2-3H3,(H,16,19)/t13-/m0/s1. The van der Waals surface area contributed by atoms with E-state index in [4.69, 9.17) is 6.42 Å². The number of halogens is 1. The van der Waals surface area contributed by atoms with Gasteiger partial charge in [-0.3, -0.25) is 4.79 Å². The Morgan fingerprint density at radius 2 is 2.42 bits per heavy atom. The van der Waals surface area contributed by atoms with Crippen LogP contribution in [0.15, 0.2) is 22.9 Å². The number of nitrogens with zero attached hydrogens (tertiary/aromatic N) is 3. The Morgan fingerprint density at radius 1 is 1.68 bits per heavy atom. The molecule has 5 nitrogen and oxygen atoms in total. The number of terminal acetylenes is 1. The molecule has 0 aliphatic carbocycles. The first-order valence-electron chi connectivity index (χ1n) is 5.78. The molecule has 0 aromatic carbocycles. The van der Waals surface area contributed by atoms with Gasteiger partial charge in [0.1, 0.15) is 0 Å². The van der Waals surface area contributed by atoms with Crippen LogP contribution in [0.4, 0.5) is 0 Å². The van der Waals surface area contributed by atoms with Crippen LogP contribution in [-0.2, 0) is 0 Å². The lowest BCUT2D eigenvalue weighted by atomic mass is 10.0. The van der Waals surface area contributed by atoms with Crippen molar-refractivity contribution in [1.29, 1.82) is 0 Å². The van der Waals surface area contributed by atoms with Gasteiger partial charge in [0.2, 0.25) is 0 Å². The average Bonchev–Trinajstić information content (AvgIpc) is 2.81. The average molecular weight is 321 g/mol. The summed E-state index contributed by atoms with van der Waals surface area (Å²) in [5.41, 5.74) is 0.230. The van der Waals surface area contributed by atoms with Crippen LogP contribution in [0, 0.1) is 12.3 Å². The summed E-state index contributed by atoms with van der Waals surface area (Å²) >= 11 is 3.30. The minimum absolute atomic E-state index is 0.292. The van der Waals surface area contributed by atoms with E-state index in [1.807, 2.05) is 6.92 Å². The predicted molar refractivity (Wildman–Crippen MR) is 75.7 cm³/mol. The van der Waals surface area contributed by atoms with Gasteiger partial charge in [-0.25, -0.2) is 9.50 Å². The first kappa shape index (κ1) is 13.6. The molecular formula is C13H13BrN4O. The SMILES string of the molecule is C#C[C@@](C)(CC)NC(=O)c1cc2ncc(Br)cn2n1. The number of amides is 1. The van der Waals surface area contributed by atoms with Crippen molar-refractivity contribution in [3.05, 3.63) is 28.6 Å². The lowest BCUT2D eigenvalue weighted by Crippen LogP contribution is -2.44. The van der Waals surface area contributed by atoms with E-state index in [0.717, 1.165) is 4.47 Å². The molecule has 2 aromatic heterocycles. The van der Waals surface area contributed by atoms with Crippen molar-refractivity contribution >= 4 is 27.5 Å². The maximum Gasteiger partial charge on any atom is 0.273 e. The Kier molecular flexibility index (Phi) is 3.58. The lowest BCUT2D eigenvalue weighted by Gasteiger charge is -2.22. The van der Waals surface area contributed by atoms with E-state index >= 15 is 0 Å². The normalized spacial score (nSPS) is 13.8. The first-order valence-corrected chi connectivity index (χ1v) is 6.58. The van der Waals surface area contributed by atoms with E-state index in [2.05, 4.69) is 37.2 Å². The molecule has 0 aliphatic heterocycles. The number of hydrogen-bond acceptors (Lipinski definition) is 3. The molecule has 1 N–H and O–H groups in total. The van der Waals surface area contributed by atoms with Crippen molar-refractivity contribution in [3.8, 4) is 12.3 Å². The summed E-state index contributed by atoms with van der Waals surface area (Å²) in [6.07, 6.45) is 9.46. The highest BCUT2D eigenvalue weighted by molar-refractivity contribution is 9.10. The second kappa shape index (κ2) is 5.02. The smallest absolute Gasteiger partial charge is 0.273 e. The second-order valence-corrected chi connectivity index (χ2v) is 5.30. The summed E-state index contributed by atoms with van der Waals surface area (Å²) < 4.78 is 2.33. The Morgan fingerprint density at radius 3 is 3.05 bits per heavy atom. The molecule has 2 aromatic rings. The van der Waals surface area contributed by atoms with Crippen molar-refractivity contribution in [2.24, 2.45) is 0 Å². The summed E-state index contributed by atoms with van der Waals surface area (Å²) in [7, 11) is 0. The van der Waals surface area contributed by atoms with Gasteiger partial charge in [0.15, 0.2) is 11.3 Å².